The highest BCUT2D eigenvalue weighted by atomic mass is 16.7. The van der Waals surface area contributed by atoms with Crippen LogP contribution < -0.4 is 0 Å². The molecule has 1 rings (SSSR count). The van der Waals surface area contributed by atoms with Crippen LogP contribution in [0.2, 0.25) is 0 Å². The van der Waals surface area contributed by atoms with Crippen molar-refractivity contribution in [2.45, 2.75) is 53.4 Å². The first-order valence-electron chi connectivity index (χ1n) is 9.52. The van der Waals surface area contributed by atoms with Crippen molar-refractivity contribution in [3.05, 3.63) is 24.3 Å². The van der Waals surface area contributed by atoms with E-state index in [1.807, 2.05) is 38.1 Å². The van der Waals surface area contributed by atoms with Crippen molar-refractivity contribution in [3.63, 3.8) is 0 Å². The standard InChI is InChI=1S/C20H32N2O4/c1-5-9-15-25-19(23-7-3)21-17-11-13-18(14-12-17)22-20(24-8-4)26-16-10-6-2/h11-14H,5-10,15-16H2,1-4H3. The van der Waals surface area contributed by atoms with Crippen LogP contribution in [0.3, 0.4) is 0 Å². The van der Waals surface area contributed by atoms with Gasteiger partial charge in [0.2, 0.25) is 0 Å². The Bertz CT molecular complexity index is 492. The van der Waals surface area contributed by atoms with Gasteiger partial charge in [0, 0.05) is 0 Å². The van der Waals surface area contributed by atoms with Crippen molar-refractivity contribution < 1.29 is 18.9 Å². The number of benzene rings is 1. The Morgan fingerprint density at radius 1 is 0.654 bits per heavy atom. The van der Waals surface area contributed by atoms with Crippen molar-refractivity contribution in [2.75, 3.05) is 26.4 Å². The van der Waals surface area contributed by atoms with Crippen LogP contribution in [0.1, 0.15) is 53.4 Å². The maximum Gasteiger partial charge on any atom is 0.388 e. The lowest BCUT2D eigenvalue weighted by Gasteiger charge is -2.09. The van der Waals surface area contributed by atoms with Crippen molar-refractivity contribution >= 4 is 23.5 Å². The van der Waals surface area contributed by atoms with Crippen molar-refractivity contribution in [1.29, 1.82) is 0 Å². The highest BCUT2D eigenvalue weighted by molar-refractivity contribution is 5.73. The van der Waals surface area contributed by atoms with Crippen LogP contribution in [0.15, 0.2) is 34.3 Å². The van der Waals surface area contributed by atoms with E-state index in [4.69, 9.17) is 18.9 Å². The van der Waals surface area contributed by atoms with E-state index < -0.39 is 0 Å². The van der Waals surface area contributed by atoms with Gasteiger partial charge in [0.15, 0.2) is 0 Å². The fourth-order valence-electron chi connectivity index (χ4n) is 1.88. The first-order valence-corrected chi connectivity index (χ1v) is 9.52. The summed E-state index contributed by atoms with van der Waals surface area (Å²) in [7, 11) is 0. The number of rotatable bonds is 10. The molecule has 26 heavy (non-hydrogen) atoms. The van der Waals surface area contributed by atoms with E-state index >= 15 is 0 Å². The molecule has 0 aliphatic rings. The highest BCUT2D eigenvalue weighted by Crippen LogP contribution is 2.20. The van der Waals surface area contributed by atoms with E-state index in [0.717, 1.165) is 37.1 Å². The predicted octanol–water partition coefficient (Wildman–Crippen LogP) is 5.37. The molecule has 0 unspecified atom stereocenters. The average molecular weight is 364 g/mol. The van der Waals surface area contributed by atoms with Gasteiger partial charge in [-0.3, -0.25) is 0 Å². The van der Waals surface area contributed by atoms with E-state index in [9.17, 15) is 0 Å². The van der Waals surface area contributed by atoms with E-state index in [1.165, 1.54) is 0 Å². The molecule has 0 spiro atoms. The molecular formula is C20H32N2O4. The summed E-state index contributed by atoms with van der Waals surface area (Å²) in [5, 5.41) is 0. The van der Waals surface area contributed by atoms with Crippen molar-refractivity contribution in [2.24, 2.45) is 9.98 Å². The Kier molecular flexibility index (Phi) is 11.7. The maximum atomic E-state index is 5.57. The third-order valence-electron chi connectivity index (χ3n) is 3.27. The Hall–Kier alpha value is -2.24. The van der Waals surface area contributed by atoms with Gasteiger partial charge in [-0.25, -0.2) is 0 Å². The molecule has 0 saturated heterocycles. The summed E-state index contributed by atoms with van der Waals surface area (Å²) in [5.41, 5.74) is 1.49. The van der Waals surface area contributed by atoms with Gasteiger partial charge in [-0.1, -0.05) is 26.7 Å². The normalized spacial score (nSPS) is 12.0. The summed E-state index contributed by atoms with van der Waals surface area (Å²) >= 11 is 0. The minimum atomic E-state index is 0.301. The Balaban J connectivity index is 2.77. The number of aliphatic imine (C=N–C) groups is 2. The van der Waals surface area contributed by atoms with Crippen molar-refractivity contribution in [1.82, 2.24) is 0 Å². The lowest BCUT2D eigenvalue weighted by Crippen LogP contribution is -2.10. The van der Waals surface area contributed by atoms with E-state index in [-0.39, 0.29) is 0 Å². The summed E-state index contributed by atoms with van der Waals surface area (Å²) in [5.74, 6) is 0. The molecule has 0 N–H and O–H groups in total. The Morgan fingerprint density at radius 3 is 1.35 bits per heavy atom. The predicted molar refractivity (Wildman–Crippen MR) is 106 cm³/mol. The largest absolute Gasteiger partial charge is 0.451 e. The smallest absolute Gasteiger partial charge is 0.388 e. The van der Waals surface area contributed by atoms with E-state index in [1.54, 1.807) is 0 Å². The van der Waals surface area contributed by atoms with Gasteiger partial charge in [0.25, 0.3) is 0 Å². The molecule has 6 nitrogen and oxygen atoms in total. The molecule has 0 bridgehead atoms. The molecule has 1 aromatic rings. The number of hydrogen-bond acceptors (Lipinski definition) is 6. The SMILES string of the molecule is CCCCOC(=Nc1ccc(N=C(OCC)OCCCC)cc1)OCC. The first kappa shape index (κ1) is 21.8. The molecule has 0 amide bonds. The fourth-order valence-corrected chi connectivity index (χ4v) is 1.88. The topological polar surface area (TPSA) is 61.6 Å². The van der Waals surface area contributed by atoms with Gasteiger partial charge >= 0.3 is 12.2 Å². The van der Waals surface area contributed by atoms with Crippen LogP contribution >= 0.6 is 0 Å². The fraction of sp³-hybridized carbons (Fsp3) is 0.600. The summed E-state index contributed by atoms with van der Waals surface area (Å²) in [6.45, 7) is 10.3. The molecule has 6 heteroatoms. The minimum absolute atomic E-state index is 0.301. The Morgan fingerprint density at radius 2 is 1.04 bits per heavy atom. The van der Waals surface area contributed by atoms with Gasteiger partial charge in [-0.05, 0) is 51.0 Å². The molecule has 0 radical (unpaired) electrons. The molecule has 0 atom stereocenters. The van der Waals surface area contributed by atoms with Crippen LogP contribution in [-0.2, 0) is 18.9 Å². The zero-order valence-electron chi connectivity index (χ0n) is 16.5. The molecule has 0 fully saturated rings. The lowest BCUT2D eigenvalue weighted by molar-refractivity contribution is 0.170. The molecule has 0 aliphatic heterocycles. The molecular weight excluding hydrogens is 332 g/mol. The second-order valence-electron chi connectivity index (χ2n) is 5.54. The van der Waals surface area contributed by atoms with Gasteiger partial charge in [-0.2, -0.15) is 9.98 Å². The molecule has 1 aromatic carbocycles. The summed E-state index contributed by atoms with van der Waals surface area (Å²) in [6.07, 6.45) is 4.67. The van der Waals surface area contributed by atoms with E-state index in [0.29, 0.717) is 38.6 Å². The van der Waals surface area contributed by atoms with Crippen molar-refractivity contribution in [3.8, 4) is 0 Å². The monoisotopic (exact) mass is 364 g/mol. The van der Waals surface area contributed by atoms with Crippen LogP contribution in [0.5, 0.6) is 0 Å². The molecule has 146 valence electrons. The van der Waals surface area contributed by atoms with Crippen LogP contribution in [0.4, 0.5) is 11.4 Å². The number of hydrogen-bond donors (Lipinski definition) is 0. The first-order chi connectivity index (χ1) is 12.7. The quantitative estimate of drug-likeness (QED) is 0.318. The maximum absolute atomic E-state index is 5.57. The summed E-state index contributed by atoms with van der Waals surface area (Å²) in [4.78, 5) is 8.80. The third-order valence-corrected chi connectivity index (χ3v) is 3.27. The van der Waals surface area contributed by atoms with Crippen LogP contribution in [0, 0.1) is 0 Å². The van der Waals surface area contributed by atoms with Crippen LogP contribution in [-0.4, -0.2) is 38.6 Å². The Labute approximate surface area is 157 Å². The number of ether oxygens (including phenoxy) is 4. The van der Waals surface area contributed by atoms with Gasteiger partial charge in [-0.15, -0.1) is 0 Å². The minimum Gasteiger partial charge on any atom is -0.451 e. The lowest BCUT2D eigenvalue weighted by atomic mass is 10.3. The number of nitrogens with zero attached hydrogens (tertiary/aromatic N) is 2. The van der Waals surface area contributed by atoms with Gasteiger partial charge in [0.05, 0.1) is 37.8 Å². The van der Waals surface area contributed by atoms with Gasteiger partial charge < -0.3 is 18.9 Å². The molecule has 0 aromatic heterocycles. The van der Waals surface area contributed by atoms with Gasteiger partial charge in [0.1, 0.15) is 0 Å². The second-order valence-corrected chi connectivity index (χ2v) is 5.54. The zero-order valence-corrected chi connectivity index (χ0v) is 16.5. The second kappa shape index (κ2) is 14.0. The average Bonchev–Trinajstić information content (AvgIpc) is 2.64. The molecule has 0 heterocycles. The molecule has 0 saturated carbocycles. The number of unbranched alkanes of at least 4 members (excludes halogenated alkanes) is 2. The van der Waals surface area contributed by atoms with E-state index in [2.05, 4.69) is 23.8 Å². The highest BCUT2D eigenvalue weighted by Gasteiger charge is 2.04. The summed E-state index contributed by atoms with van der Waals surface area (Å²) in [6, 6.07) is 7.43. The molecule has 0 aliphatic carbocycles. The zero-order chi connectivity index (χ0) is 19.0. The third kappa shape index (κ3) is 9.30. The summed E-state index contributed by atoms with van der Waals surface area (Å²) < 4.78 is 22.0. The van der Waals surface area contributed by atoms with Crippen LogP contribution in [0.25, 0.3) is 0 Å².